The summed E-state index contributed by atoms with van der Waals surface area (Å²) in [6, 6.07) is 2.63. The number of likely N-dealkylation sites (tertiary alicyclic amines) is 1. The van der Waals surface area contributed by atoms with E-state index in [1.807, 2.05) is 4.90 Å². The molecule has 1 aliphatic heterocycles. The fourth-order valence-electron chi connectivity index (χ4n) is 7.11. The molecule has 3 aromatic rings. The number of aromatic nitrogens is 1. The van der Waals surface area contributed by atoms with Crippen molar-refractivity contribution in [1.82, 2.24) is 9.47 Å². The average molecular weight is 768 g/mol. The third kappa shape index (κ3) is 8.93. The highest BCUT2D eigenvalue weighted by atomic mass is 19.4. The second kappa shape index (κ2) is 15.8. The summed E-state index contributed by atoms with van der Waals surface area (Å²) in [6.07, 6.45) is -7.60. The van der Waals surface area contributed by atoms with Gasteiger partial charge in [0.05, 0.1) is 17.5 Å². The lowest BCUT2D eigenvalue weighted by Gasteiger charge is -2.31. The average Bonchev–Trinajstić information content (AvgIpc) is 3.87. The summed E-state index contributed by atoms with van der Waals surface area (Å²) in [5.41, 5.74) is -4.54. The zero-order chi connectivity index (χ0) is 39.9. The first-order valence-corrected chi connectivity index (χ1v) is 17.7. The predicted octanol–water partition coefficient (Wildman–Crippen LogP) is 9.02. The van der Waals surface area contributed by atoms with E-state index >= 15 is 8.78 Å². The molecule has 0 radical (unpaired) electrons. The van der Waals surface area contributed by atoms with Crippen LogP contribution < -0.4 is 5.56 Å². The Kier molecular flexibility index (Phi) is 11.9. The Bertz CT molecular complexity index is 2010. The van der Waals surface area contributed by atoms with Gasteiger partial charge in [-0.05, 0) is 105 Å². The number of nitrogens with zero attached hydrogens (tertiary/aromatic N) is 3. The quantitative estimate of drug-likeness (QED) is 0.139. The van der Waals surface area contributed by atoms with Crippen LogP contribution in [0.2, 0.25) is 0 Å². The largest absolute Gasteiger partial charge is 0.481 e. The Labute approximate surface area is 306 Å². The maximum Gasteiger partial charge on any atom is 0.419 e. The van der Waals surface area contributed by atoms with Crippen LogP contribution in [0.4, 0.5) is 35.1 Å². The molecule has 2 fully saturated rings. The van der Waals surface area contributed by atoms with Gasteiger partial charge in [-0.15, -0.1) is 0 Å². The van der Waals surface area contributed by atoms with Gasteiger partial charge in [0.1, 0.15) is 17.7 Å². The maximum absolute atomic E-state index is 16.6. The van der Waals surface area contributed by atoms with Crippen molar-refractivity contribution in [1.29, 1.82) is 0 Å². The molecule has 2 aliphatic rings. The predicted molar refractivity (Wildman–Crippen MR) is 186 cm³/mol. The van der Waals surface area contributed by atoms with Crippen LogP contribution in [0.15, 0.2) is 40.2 Å². The van der Waals surface area contributed by atoms with Gasteiger partial charge in [0.2, 0.25) is 0 Å². The number of carboxylic acid groups (broad SMARTS) is 1. The molecular weight excluding hydrogens is 726 g/mol. The topological polar surface area (TPSA) is 92.0 Å². The van der Waals surface area contributed by atoms with Gasteiger partial charge in [-0.3, -0.25) is 14.4 Å². The highest BCUT2D eigenvalue weighted by Gasteiger charge is 2.40. The standard InChI is InChI=1S/C39H41F8N3O4/c1-20(2)14-30(50-19-24(10-13-49-11-5-12-49)28(17-31(50)51)38(42,43)44)37(54)48-18-25(15-32(52)53)34-35(40)27(16-29(36(34)41)39(45,46)47)33-21(3)6-9-26(22(33)4)23-7-8-23/h6,9,16-20,23,25,30H,5,7-8,10-15H2,1-4H3,(H,52,53)/b48-18+. The molecule has 7 nitrogen and oxygen atoms in total. The van der Waals surface area contributed by atoms with Crippen molar-refractivity contribution in [3.63, 3.8) is 0 Å². The Balaban J connectivity index is 1.62. The van der Waals surface area contributed by atoms with Gasteiger partial charge in [-0.2, -0.15) is 26.3 Å². The molecular formula is C39H41F8N3O4. The molecule has 2 heterocycles. The lowest BCUT2D eigenvalue weighted by atomic mass is 9.85. The first-order valence-electron chi connectivity index (χ1n) is 17.7. The van der Waals surface area contributed by atoms with E-state index in [9.17, 15) is 45.8 Å². The summed E-state index contributed by atoms with van der Waals surface area (Å²) in [4.78, 5) is 44.6. The van der Waals surface area contributed by atoms with Crippen LogP contribution in [-0.4, -0.2) is 52.3 Å². The number of pyridine rings is 1. The smallest absolute Gasteiger partial charge is 0.419 e. The minimum Gasteiger partial charge on any atom is -0.481 e. The van der Waals surface area contributed by atoms with Gasteiger partial charge in [-0.25, -0.2) is 13.8 Å². The molecule has 2 aromatic carbocycles. The molecule has 0 bridgehead atoms. The fourth-order valence-corrected chi connectivity index (χ4v) is 7.11. The first kappa shape index (κ1) is 40.8. The molecule has 2 unspecified atom stereocenters. The summed E-state index contributed by atoms with van der Waals surface area (Å²) in [5.74, 6) is -8.66. The number of carbonyl (C=O) groups is 2. The summed E-state index contributed by atoms with van der Waals surface area (Å²) < 4.78 is 118. The molecule has 1 N–H and O–H groups in total. The number of hydrogen-bond acceptors (Lipinski definition) is 4. The van der Waals surface area contributed by atoms with Crippen LogP contribution in [0.1, 0.15) is 103 Å². The summed E-state index contributed by atoms with van der Waals surface area (Å²) in [7, 11) is 0. The minimum absolute atomic E-state index is 0.0920. The summed E-state index contributed by atoms with van der Waals surface area (Å²) in [5, 5.41) is 9.72. The monoisotopic (exact) mass is 767 g/mol. The zero-order valence-electron chi connectivity index (χ0n) is 30.2. The van der Waals surface area contributed by atoms with E-state index in [0.29, 0.717) is 42.6 Å². The van der Waals surface area contributed by atoms with E-state index < -0.39 is 82.1 Å². The van der Waals surface area contributed by atoms with Crippen molar-refractivity contribution in [3.8, 4) is 11.1 Å². The number of aliphatic carboxylic acids is 1. The second-order valence-corrected chi connectivity index (χ2v) is 14.6. The normalized spacial score (nSPS) is 16.5. The number of rotatable bonds is 13. The van der Waals surface area contributed by atoms with E-state index in [1.54, 1.807) is 39.8 Å². The fraction of sp³-hybridized carbons (Fsp3) is 0.487. The van der Waals surface area contributed by atoms with Gasteiger partial charge < -0.3 is 14.6 Å². The molecule has 15 heteroatoms. The minimum atomic E-state index is -5.34. The number of carbonyl (C=O) groups excluding carboxylic acids is 1. The Hall–Kier alpha value is -4.40. The Morgan fingerprint density at radius 1 is 0.981 bits per heavy atom. The van der Waals surface area contributed by atoms with Crippen LogP contribution in [0.5, 0.6) is 0 Å². The van der Waals surface area contributed by atoms with Crippen LogP contribution >= 0.6 is 0 Å². The van der Waals surface area contributed by atoms with E-state index in [2.05, 4.69) is 4.99 Å². The molecule has 1 saturated carbocycles. The lowest BCUT2D eigenvalue weighted by molar-refractivity contribution is -0.140. The Morgan fingerprint density at radius 3 is 2.17 bits per heavy atom. The molecule has 292 valence electrons. The lowest BCUT2D eigenvalue weighted by Crippen LogP contribution is -2.39. The third-order valence-corrected chi connectivity index (χ3v) is 10.1. The number of aryl methyl sites for hydroxylation is 1. The van der Waals surface area contributed by atoms with Gasteiger partial charge in [0.25, 0.3) is 11.5 Å². The van der Waals surface area contributed by atoms with Gasteiger partial charge in [0, 0.05) is 42.1 Å². The second-order valence-electron chi connectivity index (χ2n) is 14.6. The van der Waals surface area contributed by atoms with Gasteiger partial charge in [-0.1, -0.05) is 26.0 Å². The van der Waals surface area contributed by atoms with E-state index in [4.69, 9.17) is 0 Å². The van der Waals surface area contributed by atoms with Gasteiger partial charge in [0.15, 0.2) is 0 Å². The molecule has 1 saturated heterocycles. The number of halogens is 8. The molecule has 1 aromatic heterocycles. The molecule has 5 rings (SSSR count). The first-order chi connectivity index (χ1) is 25.2. The SMILES string of the molecule is Cc1ccc(C2CC2)c(C)c1-c1cc(C(F)(F)F)c(F)c(C(/C=N/C(=O)C(CC(C)C)n2cc(CCN3CCC3)c(C(F)(F)F)cc2=O)CC(=O)O)c1F. The van der Waals surface area contributed by atoms with Gasteiger partial charge >= 0.3 is 18.3 Å². The number of aliphatic imine (C=N–C) groups is 1. The zero-order valence-corrected chi connectivity index (χ0v) is 30.2. The maximum atomic E-state index is 16.6. The number of benzene rings is 2. The summed E-state index contributed by atoms with van der Waals surface area (Å²) in [6.45, 7) is 8.15. The molecule has 54 heavy (non-hydrogen) atoms. The van der Waals surface area contributed by atoms with E-state index in [1.165, 1.54) is 0 Å². The van der Waals surface area contributed by atoms with Crippen molar-refractivity contribution < 1.29 is 49.8 Å². The van der Waals surface area contributed by atoms with E-state index in [-0.39, 0.29) is 42.3 Å². The van der Waals surface area contributed by atoms with Crippen molar-refractivity contribution >= 4 is 18.1 Å². The molecule has 2 atom stereocenters. The van der Waals surface area contributed by atoms with Crippen LogP contribution in [0.25, 0.3) is 11.1 Å². The van der Waals surface area contributed by atoms with Crippen LogP contribution in [-0.2, 0) is 28.4 Å². The number of amides is 1. The van der Waals surface area contributed by atoms with Crippen molar-refractivity contribution in [2.45, 2.75) is 96.5 Å². The third-order valence-electron chi connectivity index (χ3n) is 10.1. The van der Waals surface area contributed by atoms with Crippen LogP contribution in [0, 0.1) is 31.4 Å². The number of alkyl halides is 6. The van der Waals surface area contributed by atoms with E-state index in [0.717, 1.165) is 35.6 Å². The number of carboxylic acids is 1. The van der Waals surface area contributed by atoms with Crippen molar-refractivity contribution in [2.75, 3.05) is 19.6 Å². The molecule has 0 spiro atoms. The van der Waals surface area contributed by atoms with Crippen molar-refractivity contribution in [2.24, 2.45) is 10.9 Å². The highest BCUT2D eigenvalue weighted by molar-refractivity contribution is 5.91. The highest BCUT2D eigenvalue weighted by Crippen LogP contribution is 2.47. The summed E-state index contributed by atoms with van der Waals surface area (Å²) >= 11 is 0. The molecule has 1 amide bonds. The van der Waals surface area contributed by atoms with Crippen molar-refractivity contribution in [3.05, 3.63) is 91.4 Å². The molecule has 1 aliphatic carbocycles. The number of hydrogen-bond donors (Lipinski definition) is 1. The van der Waals surface area contributed by atoms with Crippen LogP contribution in [0.3, 0.4) is 0 Å². The Morgan fingerprint density at radius 2 is 1.63 bits per heavy atom.